The van der Waals surface area contributed by atoms with Gasteiger partial charge in [-0.15, -0.1) is 0 Å². The summed E-state index contributed by atoms with van der Waals surface area (Å²) >= 11 is 0. The van der Waals surface area contributed by atoms with Crippen molar-refractivity contribution in [1.82, 2.24) is 19.7 Å². The topological polar surface area (TPSA) is 135 Å². The molecule has 4 aliphatic carbocycles. The number of carbonyl (C=O) groups excluding carboxylic acids is 3. The third-order valence-corrected chi connectivity index (χ3v) is 13.0. The fourth-order valence-electron chi connectivity index (χ4n) is 11.5. The predicted molar refractivity (Wildman–Crippen MR) is 228 cm³/mol. The van der Waals surface area contributed by atoms with E-state index in [-0.39, 0.29) is 34.1 Å². The summed E-state index contributed by atoms with van der Waals surface area (Å²) in [5.41, 5.74) is 3.89. The van der Waals surface area contributed by atoms with Crippen molar-refractivity contribution < 1.29 is 38.1 Å². The largest absolute Gasteiger partial charge is 0.497 e. The lowest BCUT2D eigenvalue weighted by Gasteiger charge is -2.68. The highest BCUT2D eigenvalue weighted by atomic mass is 16.6. The van der Waals surface area contributed by atoms with Gasteiger partial charge < -0.3 is 33.5 Å². The molecule has 4 saturated carbocycles. The Morgan fingerprint density at radius 2 is 1.60 bits per heavy atom. The number of hydrogen-bond donors (Lipinski definition) is 0. The molecule has 5 aliphatic rings. The zero-order chi connectivity index (χ0) is 43.6. The molecule has 13 heteroatoms. The number of ether oxygens (including phenoxy) is 5. The fourth-order valence-corrected chi connectivity index (χ4v) is 11.5. The number of anilines is 1. The van der Waals surface area contributed by atoms with Crippen LogP contribution in [0.3, 0.4) is 0 Å². The minimum absolute atomic E-state index is 0.0202. The van der Waals surface area contributed by atoms with Crippen LogP contribution in [0.5, 0.6) is 5.75 Å². The van der Waals surface area contributed by atoms with E-state index in [1.54, 1.807) is 25.1 Å². The third kappa shape index (κ3) is 8.74. The zero-order valence-corrected chi connectivity index (χ0v) is 37.8. The first-order valence-corrected chi connectivity index (χ1v) is 21.4. The number of esters is 2. The van der Waals surface area contributed by atoms with Crippen LogP contribution in [0.1, 0.15) is 125 Å². The van der Waals surface area contributed by atoms with Crippen molar-refractivity contribution in [2.75, 3.05) is 45.9 Å². The van der Waals surface area contributed by atoms with Crippen molar-refractivity contribution in [2.24, 2.45) is 22.2 Å². The minimum atomic E-state index is -0.745. The molecule has 0 radical (unpaired) electrons. The molecule has 4 bridgehead atoms. The van der Waals surface area contributed by atoms with Crippen molar-refractivity contribution in [2.45, 2.75) is 131 Å². The maximum atomic E-state index is 14.1. The van der Waals surface area contributed by atoms with E-state index in [1.165, 1.54) is 13.5 Å². The molecule has 3 unspecified atom stereocenters. The molecule has 0 N–H and O–H groups in total. The van der Waals surface area contributed by atoms with Crippen molar-refractivity contribution in [3.8, 4) is 16.9 Å². The van der Waals surface area contributed by atoms with Crippen LogP contribution in [0.15, 0.2) is 30.5 Å². The Kier molecular flexibility index (Phi) is 11.3. The molecule has 2 aromatic heterocycles. The van der Waals surface area contributed by atoms with E-state index < -0.39 is 23.1 Å². The summed E-state index contributed by atoms with van der Waals surface area (Å²) in [6, 6.07) is 7.55. The standard InChI is InChI=1S/C47H65N5O8/c1-29-35(23-48-52(29)28-47-26-45(8)21-31(22-46(9,25-45)27-47)39(47)58-18-17-50(10)42(55)60-44(5,6)7)33-13-14-37(49-38(33)41(54)59-43(2,3)4)51-16-15-30-19-32(56-11)20-34(36(30)24-51)40(53)57-12/h13-14,19-20,23,31,39H,15-18,21-22,24-28H2,1-12H3. The summed E-state index contributed by atoms with van der Waals surface area (Å²) in [6.45, 7) is 20.7. The van der Waals surface area contributed by atoms with Crippen LogP contribution >= 0.6 is 0 Å². The number of aromatic nitrogens is 3. The highest BCUT2D eigenvalue weighted by Gasteiger charge is 2.65. The second-order valence-corrected chi connectivity index (χ2v) is 20.7. The van der Waals surface area contributed by atoms with Crippen molar-refractivity contribution in [1.29, 1.82) is 0 Å². The number of rotatable bonds is 11. The monoisotopic (exact) mass is 827 g/mol. The molecule has 3 aromatic rings. The van der Waals surface area contributed by atoms with Gasteiger partial charge in [0, 0.05) is 55.5 Å². The first kappa shape index (κ1) is 43.4. The Labute approximate surface area is 355 Å². The predicted octanol–water partition coefficient (Wildman–Crippen LogP) is 8.43. The Balaban J connectivity index is 1.19. The quantitative estimate of drug-likeness (QED) is 0.136. The van der Waals surface area contributed by atoms with Gasteiger partial charge in [0.15, 0.2) is 5.69 Å². The summed E-state index contributed by atoms with van der Waals surface area (Å²) in [5, 5.41) is 5.02. The summed E-state index contributed by atoms with van der Waals surface area (Å²) in [7, 11) is 4.72. The van der Waals surface area contributed by atoms with Gasteiger partial charge in [-0.25, -0.2) is 19.4 Å². The lowest BCUT2D eigenvalue weighted by molar-refractivity contribution is -0.236. The molecule has 1 aliphatic heterocycles. The molecule has 1 amide bonds. The summed E-state index contributed by atoms with van der Waals surface area (Å²) < 4.78 is 31.2. The summed E-state index contributed by atoms with van der Waals surface area (Å²) in [6.07, 6.45) is 7.74. The van der Waals surface area contributed by atoms with Crippen LogP contribution in [-0.2, 0) is 38.5 Å². The molecule has 3 atom stereocenters. The second-order valence-electron chi connectivity index (χ2n) is 20.7. The molecule has 326 valence electrons. The van der Waals surface area contributed by atoms with E-state index in [1.807, 2.05) is 65.9 Å². The van der Waals surface area contributed by atoms with Crippen LogP contribution in [0.4, 0.5) is 10.6 Å². The number of carbonyl (C=O) groups is 3. The highest BCUT2D eigenvalue weighted by Crippen LogP contribution is 2.70. The Hall–Kier alpha value is -4.65. The number of methoxy groups -OCH3 is 2. The molecule has 13 nitrogen and oxygen atoms in total. The molecule has 1 aromatic carbocycles. The van der Waals surface area contributed by atoms with E-state index in [9.17, 15) is 14.4 Å². The molecule has 4 fully saturated rings. The van der Waals surface area contributed by atoms with Crippen molar-refractivity contribution in [3.63, 3.8) is 0 Å². The number of amides is 1. The first-order valence-electron chi connectivity index (χ1n) is 21.4. The first-order chi connectivity index (χ1) is 28.0. The number of hydrogen-bond acceptors (Lipinski definition) is 11. The zero-order valence-electron chi connectivity index (χ0n) is 37.8. The Morgan fingerprint density at radius 3 is 2.23 bits per heavy atom. The van der Waals surface area contributed by atoms with Crippen LogP contribution in [0, 0.1) is 29.1 Å². The van der Waals surface area contributed by atoms with Crippen LogP contribution < -0.4 is 9.64 Å². The van der Waals surface area contributed by atoms with Gasteiger partial charge in [0.05, 0.1) is 38.7 Å². The average Bonchev–Trinajstić information content (AvgIpc) is 3.50. The fraction of sp³-hybridized carbons (Fsp3) is 0.638. The van der Waals surface area contributed by atoms with Crippen molar-refractivity contribution in [3.05, 3.63) is 58.5 Å². The summed E-state index contributed by atoms with van der Waals surface area (Å²) in [4.78, 5) is 48.4. The molecule has 8 rings (SSSR count). The van der Waals surface area contributed by atoms with Gasteiger partial charge in [-0.05, 0) is 139 Å². The van der Waals surface area contributed by atoms with Gasteiger partial charge in [0.25, 0.3) is 0 Å². The SMILES string of the molecule is COC(=O)c1cc(OC)cc2c1CN(c1ccc(-c3cnn(CC45CC6(C)CC(CC(C)(C6)C4)C5OCCN(C)C(=O)OC(C)(C)C)c3C)c(C(=O)OC(C)(C)C)n1)CC2. The van der Waals surface area contributed by atoms with E-state index >= 15 is 0 Å². The van der Waals surface area contributed by atoms with Gasteiger partial charge in [-0.3, -0.25) is 4.68 Å². The number of likely N-dealkylation sites (N-methyl/N-ethyl adjacent to an activating group) is 1. The lowest BCUT2D eigenvalue weighted by Crippen LogP contribution is -2.64. The average molecular weight is 828 g/mol. The second kappa shape index (κ2) is 15.7. The molecule has 0 saturated heterocycles. The van der Waals surface area contributed by atoms with Gasteiger partial charge in [0.1, 0.15) is 22.8 Å². The third-order valence-electron chi connectivity index (χ3n) is 13.0. The van der Waals surface area contributed by atoms with Gasteiger partial charge in [-0.2, -0.15) is 5.10 Å². The smallest absolute Gasteiger partial charge is 0.410 e. The molecular formula is C47H65N5O8. The summed E-state index contributed by atoms with van der Waals surface area (Å²) in [5.74, 6) is 0.676. The maximum absolute atomic E-state index is 14.1. The molecule has 60 heavy (non-hydrogen) atoms. The molecule has 3 heterocycles. The lowest BCUT2D eigenvalue weighted by atomic mass is 9.39. The minimum Gasteiger partial charge on any atom is -0.497 e. The van der Waals surface area contributed by atoms with Crippen molar-refractivity contribution >= 4 is 23.8 Å². The molecule has 0 spiro atoms. The normalized spacial score (nSPS) is 25.8. The Morgan fingerprint density at radius 1 is 0.917 bits per heavy atom. The van der Waals surface area contributed by atoms with Gasteiger partial charge in [-0.1, -0.05) is 13.8 Å². The van der Waals surface area contributed by atoms with Crippen LogP contribution in [-0.4, -0.2) is 96.0 Å². The number of pyridine rings is 1. The number of fused-ring (bicyclic) bond motifs is 1. The maximum Gasteiger partial charge on any atom is 0.410 e. The van der Waals surface area contributed by atoms with Gasteiger partial charge >= 0.3 is 18.0 Å². The number of nitrogens with zero attached hydrogens (tertiary/aromatic N) is 5. The number of benzene rings is 1. The van der Waals surface area contributed by atoms with E-state index in [0.717, 1.165) is 48.1 Å². The van der Waals surface area contributed by atoms with Gasteiger partial charge in [0.2, 0.25) is 0 Å². The van der Waals surface area contributed by atoms with E-state index in [4.69, 9.17) is 33.8 Å². The highest BCUT2D eigenvalue weighted by molar-refractivity contribution is 5.96. The Bertz CT molecular complexity index is 2130. The van der Waals surface area contributed by atoms with E-state index in [0.29, 0.717) is 67.8 Å². The van der Waals surface area contributed by atoms with E-state index in [2.05, 4.69) is 30.4 Å². The van der Waals surface area contributed by atoms with Crippen LogP contribution in [0.2, 0.25) is 0 Å². The molecular weight excluding hydrogens is 763 g/mol. The van der Waals surface area contributed by atoms with Crippen LogP contribution in [0.25, 0.3) is 11.1 Å².